The number of benzene rings is 2. The number of anilines is 1. The maximum absolute atomic E-state index is 12.6. The first-order valence-electron chi connectivity index (χ1n) is 9.52. The molecule has 1 fully saturated rings. The molecule has 0 bridgehead atoms. The lowest BCUT2D eigenvalue weighted by atomic mass is 9.94. The van der Waals surface area contributed by atoms with Gasteiger partial charge in [0.1, 0.15) is 0 Å². The summed E-state index contributed by atoms with van der Waals surface area (Å²) in [5.74, 6) is -0.268. The Morgan fingerprint density at radius 3 is 2.67 bits per heavy atom. The third kappa shape index (κ3) is 4.95. The van der Waals surface area contributed by atoms with E-state index in [9.17, 15) is 9.59 Å². The maximum atomic E-state index is 12.6. The van der Waals surface area contributed by atoms with E-state index >= 15 is 0 Å². The molecule has 1 saturated heterocycles. The van der Waals surface area contributed by atoms with Gasteiger partial charge in [0, 0.05) is 31.2 Å². The Bertz CT molecular complexity index is 791. The molecule has 0 saturated carbocycles. The smallest absolute Gasteiger partial charge is 0.229 e. The van der Waals surface area contributed by atoms with Crippen LogP contribution in [-0.2, 0) is 16.1 Å². The summed E-state index contributed by atoms with van der Waals surface area (Å²) in [5.41, 5.74) is 8.95. The topological polar surface area (TPSA) is 75.4 Å². The largest absolute Gasteiger partial charge is 0.338 e. The van der Waals surface area contributed by atoms with E-state index in [4.69, 9.17) is 5.73 Å². The molecule has 5 heteroatoms. The summed E-state index contributed by atoms with van der Waals surface area (Å²) in [4.78, 5) is 26.5. The quantitative estimate of drug-likeness (QED) is 0.823. The standard InChI is InChI=1S/C22H27N3O2/c1-16(21(23)18-9-3-2-4-10-18)22(27)24-19-11-7-8-17(14-19)15-25-13-6-5-12-20(25)26/h2-4,7-11,14,16,21H,5-6,12-13,15,23H2,1H3,(H,24,27). The molecule has 1 aliphatic rings. The first kappa shape index (κ1) is 19.1. The number of likely N-dealkylation sites (tertiary alicyclic amines) is 1. The van der Waals surface area contributed by atoms with Gasteiger partial charge in [-0.05, 0) is 36.1 Å². The predicted molar refractivity (Wildman–Crippen MR) is 107 cm³/mol. The fraction of sp³-hybridized carbons (Fsp3) is 0.364. The Balaban J connectivity index is 1.63. The molecule has 0 radical (unpaired) electrons. The van der Waals surface area contributed by atoms with Crippen LogP contribution in [0.4, 0.5) is 5.69 Å². The van der Waals surface area contributed by atoms with Crippen LogP contribution in [0.15, 0.2) is 54.6 Å². The lowest BCUT2D eigenvalue weighted by Crippen LogP contribution is -2.34. The Morgan fingerprint density at radius 1 is 1.15 bits per heavy atom. The summed E-state index contributed by atoms with van der Waals surface area (Å²) in [5, 5.41) is 2.96. The number of rotatable bonds is 6. The minimum absolute atomic E-state index is 0.113. The van der Waals surface area contributed by atoms with Crippen LogP contribution in [0.1, 0.15) is 43.4 Å². The van der Waals surface area contributed by atoms with E-state index in [0.717, 1.165) is 36.2 Å². The number of nitrogens with one attached hydrogen (secondary N) is 1. The van der Waals surface area contributed by atoms with E-state index < -0.39 is 0 Å². The third-order valence-electron chi connectivity index (χ3n) is 5.13. The molecule has 0 spiro atoms. The van der Waals surface area contributed by atoms with E-state index in [-0.39, 0.29) is 23.8 Å². The van der Waals surface area contributed by atoms with Gasteiger partial charge in [0.2, 0.25) is 11.8 Å². The number of nitrogens with zero attached hydrogens (tertiary/aromatic N) is 1. The van der Waals surface area contributed by atoms with Gasteiger partial charge in [-0.1, -0.05) is 49.4 Å². The van der Waals surface area contributed by atoms with Gasteiger partial charge < -0.3 is 16.0 Å². The molecule has 142 valence electrons. The van der Waals surface area contributed by atoms with E-state index in [1.807, 2.05) is 66.4 Å². The second-order valence-electron chi connectivity index (χ2n) is 7.19. The summed E-state index contributed by atoms with van der Waals surface area (Å²) in [6.45, 7) is 3.23. The van der Waals surface area contributed by atoms with E-state index in [1.165, 1.54) is 0 Å². The summed E-state index contributed by atoms with van der Waals surface area (Å²) in [6.07, 6.45) is 2.66. The van der Waals surface area contributed by atoms with Crippen molar-refractivity contribution in [3.8, 4) is 0 Å². The highest BCUT2D eigenvalue weighted by atomic mass is 16.2. The zero-order valence-electron chi connectivity index (χ0n) is 15.7. The fourth-order valence-corrected chi connectivity index (χ4v) is 3.38. The fourth-order valence-electron chi connectivity index (χ4n) is 3.38. The molecular formula is C22H27N3O2. The first-order chi connectivity index (χ1) is 13.0. The van der Waals surface area contributed by atoms with E-state index in [1.54, 1.807) is 0 Å². The predicted octanol–water partition coefficient (Wildman–Crippen LogP) is 3.47. The summed E-state index contributed by atoms with van der Waals surface area (Å²) in [7, 11) is 0. The van der Waals surface area contributed by atoms with Gasteiger partial charge >= 0.3 is 0 Å². The van der Waals surface area contributed by atoms with Crippen molar-refractivity contribution in [2.24, 2.45) is 11.7 Å². The second-order valence-corrected chi connectivity index (χ2v) is 7.19. The SMILES string of the molecule is CC(C(=O)Nc1cccc(CN2CCCCC2=O)c1)C(N)c1ccccc1. The number of carbonyl (C=O) groups excluding carboxylic acids is 2. The average molecular weight is 365 g/mol. The molecule has 2 unspecified atom stereocenters. The number of nitrogens with two attached hydrogens (primary N) is 1. The molecule has 0 aromatic heterocycles. The molecule has 2 atom stereocenters. The van der Waals surface area contributed by atoms with Crippen LogP contribution in [0.25, 0.3) is 0 Å². The maximum Gasteiger partial charge on any atom is 0.229 e. The lowest BCUT2D eigenvalue weighted by Gasteiger charge is -2.27. The van der Waals surface area contributed by atoms with Crippen LogP contribution in [0.5, 0.6) is 0 Å². The molecular weight excluding hydrogens is 338 g/mol. The molecule has 3 N–H and O–H groups in total. The van der Waals surface area contributed by atoms with Crippen LogP contribution >= 0.6 is 0 Å². The number of piperidine rings is 1. The van der Waals surface area contributed by atoms with Crippen molar-refractivity contribution >= 4 is 17.5 Å². The molecule has 1 heterocycles. The highest BCUT2D eigenvalue weighted by molar-refractivity contribution is 5.93. The third-order valence-corrected chi connectivity index (χ3v) is 5.13. The van der Waals surface area contributed by atoms with Crippen molar-refractivity contribution in [2.75, 3.05) is 11.9 Å². The molecule has 2 aromatic rings. The molecule has 0 aliphatic carbocycles. The monoisotopic (exact) mass is 365 g/mol. The van der Waals surface area contributed by atoms with Crippen molar-refractivity contribution in [3.63, 3.8) is 0 Å². The van der Waals surface area contributed by atoms with Gasteiger partial charge in [0.05, 0.1) is 5.92 Å². The molecule has 1 aliphatic heterocycles. The van der Waals surface area contributed by atoms with Crippen LogP contribution < -0.4 is 11.1 Å². The Kier molecular flexibility index (Phi) is 6.24. The summed E-state index contributed by atoms with van der Waals surface area (Å²) >= 11 is 0. The van der Waals surface area contributed by atoms with Crippen LogP contribution in [0, 0.1) is 5.92 Å². The van der Waals surface area contributed by atoms with Crippen molar-refractivity contribution in [3.05, 3.63) is 65.7 Å². The summed E-state index contributed by atoms with van der Waals surface area (Å²) in [6, 6.07) is 17.0. The van der Waals surface area contributed by atoms with Crippen LogP contribution in [0.2, 0.25) is 0 Å². The minimum atomic E-state index is -0.361. The van der Waals surface area contributed by atoms with Crippen molar-refractivity contribution < 1.29 is 9.59 Å². The normalized spacial score (nSPS) is 16.7. The van der Waals surface area contributed by atoms with Gasteiger partial charge in [-0.25, -0.2) is 0 Å². The Labute approximate surface area is 160 Å². The van der Waals surface area contributed by atoms with Gasteiger partial charge in [-0.15, -0.1) is 0 Å². The van der Waals surface area contributed by atoms with E-state index in [2.05, 4.69) is 5.32 Å². The number of amides is 2. The molecule has 2 aromatic carbocycles. The first-order valence-corrected chi connectivity index (χ1v) is 9.52. The van der Waals surface area contributed by atoms with Gasteiger partial charge in [0.15, 0.2) is 0 Å². The van der Waals surface area contributed by atoms with Crippen LogP contribution in [-0.4, -0.2) is 23.3 Å². The highest BCUT2D eigenvalue weighted by Crippen LogP contribution is 2.22. The highest BCUT2D eigenvalue weighted by Gasteiger charge is 2.22. The lowest BCUT2D eigenvalue weighted by molar-refractivity contribution is -0.133. The zero-order chi connectivity index (χ0) is 19.2. The molecule has 3 rings (SSSR count). The average Bonchev–Trinajstić information content (AvgIpc) is 2.69. The van der Waals surface area contributed by atoms with Crippen molar-refractivity contribution in [1.29, 1.82) is 0 Å². The Morgan fingerprint density at radius 2 is 1.93 bits per heavy atom. The number of hydrogen-bond acceptors (Lipinski definition) is 3. The van der Waals surface area contributed by atoms with Gasteiger partial charge in [-0.2, -0.15) is 0 Å². The minimum Gasteiger partial charge on any atom is -0.338 e. The molecule has 5 nitrogen and oxygen atoms in total. The van der Waals surface area contributed by atoms with Crippen LogP contribution in [0.3, 0.4) is 0 Å². The number of carbonyl (C=O) groups is 2. The second kappa shape index (κ2) is 8.82. The zero-order valence-corrected chi connectivity index (χ0v) is 15.7. The summed E-state index contributed by atoms with van der Waals surface area (Å²) < 4.78 is 0. The molecule has 2 amide bonds. The number of hydrogen-bond donors (Lipinski definition) is 2. The van der Waals surface area contributed by atoms with Gasteiger partial charge in [-0.3, -0.25) is 9.59 Å². The molecule has 27 heavy (non-hydrogen) atoms. The van der Waals surface area contributed by atoms with Gasteiger partial charge in [0.25, 0.3) is 0 Å². The Hall–Kier alpha value is -2.66. The van der Waals surface area contributed by atoms with E-state index in [0.29, 0.717) is 13.0 Å². The van der Waals surface area contributed by atoms with Crippen molar-refractivity contribution in [1.82, 2.24) is 4.90 Å². The van der Waals surface area contributed by atoms with Crippen molar-refractivity contribution in [2.45, 2.75) is 38.8 Å².